The first-order valence-electron chi connectivity index (χ1n) is 5.27. The summed E-state index contributed by atoms with van der Waals surface area (Å²) in [7, 11) is 0. The number of hydrogen-bond donors (Lipinski definition) is 1. The van der Waals surface area contributed by atoms with Crippen molar-refractivity contribution < 1.29 is 5.11 Å². The summed E-state index contributed by atoms with van der Waals surface area (Å²) < 4.78 is 0. The van der Waals surface area contributed by atoms with E-state index < -0.39 is 6.10 Å². The fourth-order valence-electron chi connectivity index (χ4n) is 1.87. The van der Waals surface area contributed by atoms with Gasteiger partial charge in [0.1, 0.15) is 11.1 Å². The molecule has 1 atom stereocenters. The molecule has 0 aliphatic heterocycles. The van der Waals surface area contributed by atoms with Crippen LogP contribution in [0.15, 0.2) is 48.1 Å². The predicted octanol–water partition coefficient (Wildman–Crippen LogP) is 2.77. The molecule has 0 aliphatic rings. The minimum absolute atomic E-state index is 0.678. The van der Waals surface area contributed by atoms with Gasteiger partial charge in [0, 0.05) is 23.2 Å². The first-order chi connectivity index (χ1) is 8.36. The Labute approximate surface area is 102 Å². The fourth-order valence-corrected chi connectivity index (χ4v) is 2.51. The van der Waals surface area contributed by atoms with Crippen LogP contribution in [0.4, 0.5) is 0 Å². The minimum atomic E-state index is -0.678. The highest BCUT2D eigenvalue weighted by Gasteiger charge is 2.15. The third kappa shape index (κ3) is 1.81. The zero-order valence-corrected chi connectivity index (χ0v) is 9.76. The van der Waals surface area contributed by atoms with E-state index in [2.05, 4.69) is 9.97 Å². The summed E-state index contributed by atoms with van der Waals surface area (Å²) in [6.45, 7) is 0. The van der Waals surface area contributed by atoms with E-state index in [4.69, 9.17) is 0 Å². The molecular formula is C13H10N2OS. The molecule has 0 amide bonds. The van der Waals surface area contributed by atoms with Crippen molar-refractivity contribution in [2.45, 2.75) is 6.10 Å². The average Bonchev–Trinajstić information content (AvgIpc) is 2.91. The van der Waals surface area contributed by atoms with Crippen LogP contribution in [0, 0.1) is 0 Å². The number of aliphatic hydroxyl groups excluding tert-OH is 1. The third-order valence-corrected chi connectivity index (χ3v) is 3.49. The van der Waals surface area contributed by atoms with Gasteiger partial charge in [-0.05, 0) is 17.7 Å². The Morgan fingerprint density at radius 2 is 2.00 bits per heavy atom. The molecule has 3 rings (SSSR count). The SMILES string of the molecule is OC(c1nccs1)c1cccc2ncccc12. The van der Waals surface area contributed by atoms with Crippen LogP contribution in [0.2, 0.25) is 0 Å². The minimum Gasteiger partial charge on any atom is -0.381 e. The lowest BCUT2D eigenvalue weighted by molar-refractivity contribution is 0.221. The van der Waals surface area contributed by atoms with Gasteiger partial charge in [-0.1, -0.05) is 18.2 Å². The Bertz CT molecular complexity index is 631. The van der Waals surface area contributed by atoms with Gasteiger partial charge in [0.05, 0.1) is 5.52 Å². The van der Waals surface area contributed by atoms with Crippen LogP contribution in [-0.2, 0) is 0 Å². The summed E-state index contributed by atoms with van der Waals surface area (Å²) in [6, 6.07) is 9.60. The highest BCUT2D eigenvalue weighted by atomic mass is 32.1. The molecule has 84 valence electrons. The number of nitrogens with zero attached hydrogens (tertiary/aromatic N) is 2. The molecule has 2 heterocycles. The largest absolute Gasteiger partial charge is 0.381 e. The molecule has 17 heavy (non-hydrogen) atoms. The summed E-state index contributed by atoms with van der Waals surface area (Å²) in [6.07, 6.45) is 2.77. The average molecular weight is 242 g/mol. The number of hydrogen-bond acceptors (Lipinski definition) is 4. The zero-order valence-electron chi connectivity index (χ0n) is 8.95. The molecule has 4 heteroatoms. The first kappa shape index (κ1) is 10.4. The van der Waals surface area contributed by atoms with Gasteiger partial charge in [0.15, 0.2) is 0 Å². The van der Waals surface area contributed by atoms with Gasteiger partial charge in [-0.3, -0.25) is 4.98 Å². The number of benzene rings is 1. The summed E-state index contributed by atoms with van der Waals surface area (Å²) >= 11 is 1.45. The van der Waals surface area contributed by atoms with E-state index >= 15 is 0 Å². The molecule has 0 radical (unpaired) electrons. The zero-order chi connectivity index (χ0) is 11.7. The molecule has 0 fully saturated rings. The van der Waals surface area contributed by atoms with Crippen molar-refractivity contribution in [3.63, 3.8) is 0 Å². The van der Waals surface area contributed by atoms with Crippen molar-refractivity contribution >= 4 is 22.2 Å². The lowest BCUT2D eigenvalue weighted by atomic mass is 10.0. The van der Waals surface area contributed by atoms with E-state index in [1.54, 1.807) is 12.4 Å². The third-order valence-electron chi connectivity index (χ3n) is 2.66. The van der Waals surface area contributed by atoms with E-state index in [0.717, 1.165) is 16.5 Å². The molecule has 0 saturated carbocycles. The topological polar surface area (TPSA) is 46.0 Å². The van der Waals surface area contributed by atoms with E-state index in [0.29, 0.717) is 5.01 Å². The standard InChI is InChI=1S/C13H10N2OS/c16-12(13-15-7-8-17-13)10-3-1-5-11-9(10)4-2-6-14-11/h1-8,12,16H. The second-order valence-corrected chi connectivity index (χ2v) is 4.62. The molecule has 0 bridgehead atoms. The Balaban J connectivity index is 2.17. The fraction of sp³-hybridized carbons (Fsp3) is 0.0769. The van der Waals surface area contributed by atoms with Crippen LogP contribution in [0.3, 0.4) is 0 Å². The van der Waals surface area contributed by atoms with Crippen LogP contribution >= 0.6 is 11.3 Å². The number of thiazole rings is 1. The van der Waals surface area contributed by atoms with E-state index in [1.165, 1.54) is 11.3 Å². The number of fused-ring (bicyclic) bond motifs is 1. The molecule has 3 nitrogen and oxygen atoms in total. The molecule has 1 N–H and O–H groups in total. The van der Waals surface area contributed by atoms with E-state index in [1.807, 2.05) is 35.7 Å². The van der Waals surface area contributed by atoms with Gasteiger partial charge in [-0.25, -0.2) is 4.98 Å². The summed E-state index contributed by atoms with van der Waals surface area (Å²) in [5, 5.41) is 13.8. The predicted molar refractivity (Wildman–Crippen MR) is 67.9 cm³/mol. The number of aromatic nitrogens is 2. The van der Waals surface area contributed by atoms with Crippen LogP contribution in [0.5, 0.6) is 0 Å². The maximum atomic E-state index is 10.3. The lowest BCUT2D eigenvalue weighted by Crippen LogP contribution is -2.00. The highest BCUT2D eigenvalue weighted by Crippen LogP contribution is 2.28. The molecule has 0 spiro atoms. The number of aliphatic hydroxyl groups is 1. The van der Waals surface area contributed by atoms with Crippen LogP contribution in [0.1, 0.15) is 16.7 Å². The van der Waals surface area contributed by atoms with Gasteiger partial charge >= 0.3 is 0 Å². The Morgan fingerprint density at radius 1 is 1.06 bits per heavy atom. The molecule has 1 unspecified atom stereocenters. The Morgan fingerprint density at radius 3 is 2.82 bits per heavy atom. The maximum Gasteiger partial charge on any atom is 0.131 e. The van der Waals surface area contributed by atoms with Crippen molar-refractivity contribution in [2.24, 2.45) is 0 Å². The van der Waals surface area contributed by atoms with Crippen molar-refractivity contribution in [1.29, 1.82) is 0 Å². The maximum absolute atomic E-state index is 10.3. The van der Waals surface area contributed by atoms with Gasteiger partial charge < -0.3 is 5.11 Å². The lowest BCUT2D eigenvalue weighted by Gasteiger charge is -2.10. The molecule has 2 aromatic heterocycles. The normalized spacial score (nSPS) is 12.8. The number of pyridine rings is 1. The van der Waals surface area contributed by atoms with Crippen molar-refractivity contribution in [3.8, 4) is 0 Å². The summed E-state index contributed by atoms with van der Waals surface area (Å²) in [4.78, 5) is 8.42. The molecule has 0 saturated heterocycles. The van der Waals surface area contributed by atoms with Gasteiger partial charge in [-0.2, -0.15) is 0 Å². The quantitative estimate of drug-likeness (QED) is 0.751. The summed E-state index contributed by atoms with van der Waals surface area (Å²) in [5.74, 6) is 0. The number of rotatable bonds is 2. The second kappa shape index (κ2) is 4.24. The van der Waals surface area contributed by atoms with Crippen LogP contribution in [0.25, 0.3) is 10.9 Å². The molecular weight excluding hydrogens is 232 g/mol. The molecule has 0 aliphatic carbocycles. The summed E-state index contributed by atoms with van der Waals surface area (Å²) in [5.41, 5.74) is 1.74. The van der Waals surface area contributed by atoms with Gasteiger partial charge in [0.25, 0.3) is 0 Å². The van der Waals surface area contributed by atoms with Gasteiger partial charge in [0.2, 0.25) is 0 Å². The van der Waals surface area contributed by atoms with Crippen molar-refractivity contribution in [3.05, 3.63) is 58.7 Å². The van der Waals surface area contributed by atoms with Gasteiger partial charge in [-0.15, -0.1) is 11.3 Å². The Hall–Kier alpha value is -1.78. The Kier molecular flexibility index (Phi) is 2.59. The molecule has 3 aromatic rings. The first-order valence-corrected chi connectivity index (χ1v) is 6.15. The molecule has 1 aromatic carbocycles. The van der Waals surface area contributed by atoms with Crippen molar-refractivity contribution in [1.82, 2.24) is 9.97 Å². The van der Waals surface area contributed by atoms with E-state index in [9.17, 15) is 5.11 Å². The highest BCUT2D eigenvalue weighted by molar-refractivity contribution is 7.09. The second-order valence-electron chi connectivity index (χ2n) is 3.69. The van der Waals surface area contributed by atoms with Crippen molar-refractivity contribution in [2.75, 3.05) is 0 Å². The van der Waals surface area contributed by atoms with E-state index in [-0.39, 0.29) is 0 Å². The smallest absolute Gasteiger partial charge is 0.131 e. The monoisotopic (exact) mass is 242 g/mol. The van der Waals surface area contributed by atoms with Crippen LogP contribution < -0.4 is 0 Å². The van der Waals surface area contributed by atoms with Crippen LogP contribution in [-0.4, -0.2) is 15.1 Å².